The minimum atomic E-state index is -0.463. The standard InChI is InChI=1S/C21H26N4O3S2/c1-28-20(27)17-18(22-11-7-13-25-12-6-10-16(25)26)23-21(29-2)24-19(17)30-14-15-8-4-3-5-9-15/h3-5,8-9H,6-7,10-14H2,1-2H3,(H,22,23,24). The van der Waals surface area contributed by atoms with E-state index in [0.29, 0.717) is 46.8 Å². The average molecular weight is 447 g/mol. The van der Waals surface area contributed by atoms with Crippen LogP contribution in [0.15, 0.2) is 40.5 Å². The molecule has 0 spiro atoms. The minimum Gasteiger partial charge on any atom is -0.465 e. The molecule has 1 aliphatic heterocycles. The fraction of sp³-hybridized carbons (Fsp3) is 0.429. The Kier molecular flexibility index (Phi) is 8.39. The van der Waals surface area contributed by atoms with Crippen LogP contribution in [0.4, 0.5) is 5.82 Å². The summed E-state index contributed by atoms with van der Waals surface area (Å²) in [6.07, 6.45) is 4.26. The maximum absolute atomic E-state index is 12.5. The van der Waals surface area contributed by atoms with Crippen LogP contribution >= 0.6 is 23.5 Å². The Morgan fingerprint density at radius 1 is 1.27 bits per heavy atom. The third kappa shape index (κ3) is 5.89. The molecule has 1 N–H and O–H groups in total. The molecule has 9 heteroatoms. The molecule has 3 rings (SSSR count). The first kappa shape index (κ1) is 22.4. The predicted octanol–water partition coefficient (Wildman–Crippen LogP) is 3.70. The van der Waals surface area contributed by atoms with Gasteiger partial charge in [-0.05, 0) is 24.7 Å². The number of aromatic nitrogens is 2. The number of nitrogens with one attached hydrogen (secondary N) is 1. The fourth-order valence-corrected chi connectivity index (χ4v) is 4.57. The van der Waals surface area contributed by atoms with Crippen molar-refractivity contribution in [1.82, 2.24) is 14.9 Å². The maximum Gasteiger partial charge on any atom is 0.344 e. The van der Waals surface area contributed by atoms with Crippen molar-refractivity contribution in [2.75, 3.05) is 38.3 Å². The minimum absolute atomic E-state index is 0.219. The number of nitrogens with zero attached hydrogens (tertiary/aromatic N) is 3. The summed E-state index contributed by atoms with van der Waals surface area (Å²) in [7, 11) is 1.36. The van der Waals surface area contributed by atoms with E-state index in [9.17, 15) is 9.59 Å². The molecule has 2 aromatic rings. The van der Waals surface area contributed by atoms with Crippen molar-refractivity contribution in [3.05, 3.63) is 41.5 Å². The predicted molar refractivity (Wildman–Crippen MR) is 120 cm³/mol. The molecule has 0 atom stereocenters. The lowest BCUT2D eigenvalue weighted by Gasteiger charge is -2.17. The molecular formula is C21H26N4O3S2. The summed E-state index contributed by atoms with van der Waals surface area (Å²) < 4.78 is 5.01. The SMILES string of the molecule is COC(=O)c1c(NCCCN2CCCC2=O)nc(SC)nc1SCc1ccccc1. The molecule has 0 saturated carbocycles. The number of rotatable bonds is 10. The number of esters is 1. The Labute approximate surface area is 185 Å². The number of hydrogen-bond donors (Lipinski definition) is 1. The highest BCUT2D eigenvalue weighted by molar-refractivity contribution is 7.99. The van der Waals surface area contributed by atoms with E-state index in [1.54, 1.807) is 0 Å². The topological polar surface area (TPSA) is 84.4 Å². The zero-order valence-corrected chi connectivity index (χ0v) is 18.9. The lowest BCUT2D eigenvalue weighted by atomic mass is 10.2. The van der Waals surface area contributed by atoms with E-state index in [0.717, 1.165) is 24.9 Å². The molecule has 0 bridgehead atoms. The molecule has 1 fully saturated rings. The zero-order chi connectivity index (χ0) is 21.3. The largest absolute Gasteiger partial charge is 0.465 e. The van der Waals surface area contributed by atoms with Crippen molar-refractivity contribution < 1.29 is 14.3 Å². The highest BCUT2D eigenvalue weighted by Gasteiger charge is 2.23. The Balaban J connectivity index is 1.74. The number of hydrogen-bond acceptors (Lipinski definition) is 8. The molecule has 2 heterocycles. The normalized spacial score (nSPS) is 13.5. The number of carbonyl (C=O) groups is 2. The van der Waals surface area contributed by atoms with Crippen molar-refractivity contribution in [1.29, 1.82) is 0 Å². The summed E-state index contributed by atoms with van der Waals surface area (Å²) in [5.74, 6) is 0.920. The van der Waals surface area contributed by atoms with Crippen molar-refractivity contribution >= 4 is 41.2 Å². The highest BCUT2D eigenvalue weighted by Crippen LogP contribution is 2.31. The van der Waals surface area contributed by atoms with Crippen molar-refractivity contribution in [2.24, 2.45) is 0 Å². The lowest BCUT2D eigenvalue weighted by molar-refractivity contribution is -0.127. The highest BCUT2D eigenvalue weighted by atomic mass is 32.2. The Morgan fingerprint density at radius 3 is 2.73 bits per heavy atom. The third-order valence-corrected chi connectivity index (χ3v) is 6.31. The van der Waals surface area contributed by atoms with Gasteiger partial charge in [0.1, 0.15) is 16.4 Å². The van der Waals surface area contributed by atoms with Gasteiger partial charge in [-0.3, -0.25) is 4.79 Å². The molecule has 0 radical (unpaired) electrons. The molecular weight excluding hydrogens is 420 g/mol. The van der Waals surface area contributed by atoms with E-state index in [1.165, 1.54) is 30.6 Å². The third-order valence-electron chi connectivity index (χ3n) is 4.71. The quantitative estimate of drug-likeness (QED) is 0.194. The first-order valence-corrected chi connectivity index (χ1v) is 12.1. The van der Waals surface area contributed by atoms with Crippen LogP contribution in [0.2, 0.25) is 0 Å². The van der Waals surface area contributed by atoms with Gasteiger partial charge in [-0.1, -0.05) is 42.1 Å². The van der Waals surface area contributed by atoms with Crippen LogP contribution in [0.1, 0.15) is 35.2 Å². The summed E-state index contributed by atoms with van der Waals surface area (Å²) in [6, 6.07) is 10.0. The Morgan fingerprint density at radius 2 is 2.07 bits per heavy atom. The van der Waals surface area contributed by atoms with E-state index in [4.69, 9.17) is 4.74 Å². The zero-order valence-electron chi connectivity index (χ0n) is 17.2. The molecule has 1 aliphatic rings. The van der Waals surface area contributed by atoms with Gasteiger partial charge >= 0.3 is 5.97 Å². The Hall–Kier alpha value is -2.26. The second kappa shape index (κ2) is 11.2. The van der Waals surface area contributed by atoms with Gasteiger partial charge in [-0.2, -0.15) is 0 Å². The van der Waals surface area contributed by atoms with Gasteiger partial charge in [0.15, 0.2) is 5.16 Å². The average Bonchev–Trinajstić information content (AvgIpc) is 3.19. The maximum atomic E-state index is 12.5. The monoisotopic (exact) mass is 446 g/mol. The van der Waals surface area contributed by atoms with Crippen LogP contribution in [0.5, 0.6) is 0 Å². The van der Waals surface area contributed by atoms with Crippen LogP contribution in [0.25, 0.3) is 0 Å². The lowest BCUT2D eigenvalue weighted by Crippen LogP contribution is -2.27. The number of ether oxygens (including phenoxy) is 1. The van der Waals surface area contributed by atoms with E-state index in [2.05, 4.69) is 15.3 Å². The summed E-state index contributed by atoms with van der Waals surface area (Å²) in [6.45, 7) is 2.13. The smallest absolute Gasteiger partial charge is 0.344 e. The fourth-order valence-electron chi connectivity index (χ4n) is 3.17. The van der Waals surface area contributed by atoms with Gasteiger partial charge < -0.3 is 15.0 Å². The van der Waals surface area contributed by atoms with Crippen LogP contribution in [-0.4, -0.2) is 59.7 Å². The van der Waals surface area contributed by atoms with Crippen molar-refractivity contribution in [3.8, 4) is 0 Å². The number of likely N-dealkylation sites (tertiary alicyclic amines) is 1. The summed E-state index contributed by atoms with van der Waals surface area (Å²) in [5.41, 5.74) is 1.50. The van der Waals surface area contributed by atoms with Crippen LogP contribution in [-0.2, 0) is 15.3 Å². The van der Waals surface area contributed by atoms with Crippen molar-refractivity contribution in [3.63, 3.8) is 0 Å². The molecule has 1 amide bonds. The number of anilines is 1. The molecule has 0 aliphatic carbocycles. The second-order valence-corrected chi connectivity index (χ2v) is 8.51. The van der Waals surface area contributed by atoms with E-state index in [-0.39, 0.29) is 5.91 Å². The summed E-state index contributed by atoms with van der Waals surface area (Å²) in [5, 5.41) is 4.46. The van der Waals surface area contributed by atoms with E-state index in [1.807, 2.05) is 41.5 Å². The number of benzene rings is 1. The number of methoxy groups -OCH3 is 1. The molecule has 1 saturated heterocycles. The van der Waals surface area contributed by atoms with Crippen LogP contribution < -0.4 is 5.32 Å². The number of thioether (sulfide) groups is 2. The van der Waals surface area contributed by atoms with Gasteiger partial charge in [0.2, 0.25) is 5.91 Å². The molecule has 0 unspecified atom stereocenters. The summed E-state index contributed by atoms with van der Waals surface area (Å²) >= 11 is 2.92. The van der Waals surface area contributed by atoms with Crippen molar-refractivity contribution in [2.45, 2.75) is 35.2 Å². The molecule has 1 aromatic carbocycles. The first-order chi connectivity index (χ1) is 14.6. The van der Waals surface area contributed by atoms with Crippen LogP contribution in [0, 0.1) is 0 Å². The second-order valence-electron chi connectivity index (χ2n) is 6.77. The van der Waals surface area contributed by atoms with Gasteiger partial charge in [0, 0.05) is 31.8 Å². The first-order valence-electron chi connectivity index (χ1n) is 9.85. The van der Waals surface area contributed by atoms with E-state index >= 15 is 0 Å². The van der Waals surface area contributed by atoms with Gasteiger partial charge in [-0.15, -0.1) is 11.8 Å². The van der Waals surface area contributed by atoms with Gasteiger partial charge in [-0.25, -0.2) is 14.8 Å². The number of carbonyl (C=O) groups excluding carboxylic acids is 2. The van der Waals surface area contributed by atoms with E-state index < -0.39 is 5.97 Å². The van der Waals surface area contributed by atoms with Crippen LogP contribution in [0.3, 0.4) is 0 Å². The molecule has 7 nitrogen and oxygen atoms in total. The van der Waals surface area contributed by atoms with Gasteiger partial charge in [0.25, 0.3) is 0 Å². The molecule has 160 valence electrons. The summed E-state index contributed by atoms with van der Waals surface area (Å²) in [4.78, 5) is 35.2. The molecule has 1 aromatic heterocycles. The van der Waals surface area contributed by atoms with Gasteiger partial charge in [0.05, 0.1) is 7.11 Å². The Bertz CT molecular complexity index is 880. The number of amides is 1. The molecule has 30 heavy (non-hydrogen) atoms.